The molecule has 1 N–H and O–H groups in total. The lowest BCUT2D eigenvalue weighted by Crippen LogP contribution is -2.48. The molecule has 33 heavy (non-hydrogen) atoms. The summed E-state index contributed by atoms with van der Waals surface area (Å²) in [5.41, 5.74) is 2.02. The predicted molar refractivity (Wildman–Crippen MR) is 128 cm³/mol. The van der Waals surface area contributed by atoms with E-state index < -0.39 is 6.04 Å². The summed E-state index contributed by atoms with van der Waals surface area (Å²) in [5.74, 6) is -0.437. The van der Waals surface area contributed by atoms with Gasteiger partial charge in [0, 0.05) is 32.7 Å². The lowest BCUT2D eigenvalue weighted by atomic mass is 10.0. The van der Waals surface area contributed by atoms with Crippen molar-refractivity contribution in [2.45, 2.75) is 32.4 Å². The van der Waals surface area contributed by atoms with E-state index in [4.69, 9.17) is 0 Å². The molecule has 0 saturated carbocycles. The monoisotopic (exact) mass is 447 g/mol. The van der Waals surface area contributed by atoms with Crippen molar-refractivity contribution >= 4 is 22.6 Å². The van der Waals surface area contributed by atoms with Gasteiger partial charge in [0.25, 0.3) is 0 Å². The van der Waals surface area contributed by atoms with Gasteiger partial charge in [0.15, 0.2) is 0 Å². The maximum atomic E-state index is 13.1. The molecular formula is C27H30FN3O2. The van der Waals surface area contributed by atoms with Crippen molar-refractivity contribution in [1.82, 2.24) is 15.1 Å². The fourth-order valence-corrected chi connectivity index (χ4v) is 4.45. The van der Waals surface area contributed by atoms with Crippen LogP contribution < -0.4 is 5.32 Å². The van der Waals surface area contributed by atoms with Crippen LogP contribution in [0.1, 0.15) is 24.5 Å². The molecule has 1 fully saturated rings. The summed E-state index contributed by atoms with van der Waals surface area (Å²) in [6.45, 7) is 5.40. The van der Waals surface area contributed by atoms with Gasteiger partial charge in [-0.15, -0.1) is 0 Å². The minimum atomic E-state index is -0.573. The Hall–Kier alpha value is -3.25. The second-order valence-electron chi connectivity index (χ2n) is 8.69. The molecule has 4 rings (SSSR count). The van der Waals surface area contributed by atoms with E-state index in [0.717, 1.165) is 48.0 Å². The Morgan fingerprint density at radius 3 is 2.52 bits per heavy atom. The SMILES string of the molecule is C[C@H](NC(=O)Cc1cccc2ccccc12)C(=O)N1CCCN(Cc2ccc(F)cc2)CC1. The number of nitrogens with zero attached hydrogens (tertiary/aromatic N) is 2. The van der Waals surface area contributed by atoms with Crippen LogP contribution in [0, 0.1) is 5.82 Å². The van der Waals surface area contributed by atoms with Crippen LogP contribution >= 0.6 is 0 Å². The summed E-state index contributed by atoms with van der Waals surface area (Å²) < 4.78 is 13.1. The third-order valence-corrected chi connectivity index (χ3v) is 6.20. The molecule has 0 bridgehead atoms. The van der Waals surface area contributed by atoms with Crippen molar-refractivity contribution in [2.75, 3.05) is 26.2 Å². The Kier molecular flexibility index (Phi) is 7.35. The summed E-state index contributed by atoms with van der Waals surface area (Å²) in [4.78, 5) is 29.8. The number of carbonyl (C=O) groups is 2. The van der Waals surface area contributed by atoms with E-state index in [1.165, 1.54) is 12.1 Å². The van der Waals surface area contributed by atoms with Gasteiger partial charge in [0.05, 0.1) is 6.42 Å². The third kappa shape index (κ3) is 5.96. The van der Waals surface area contributed by atoms with Gasteiger partial charge in [-0.2, -0.15) is 0 Å². The Morgan fingerprint density at radius 1 is 0.939 bits per heavy atom. The molecule has 1 aliphatic rings. The van der Waals surface area contributed by atoms with Gasteiger partial charge < -0.3 is 10.2 Å². The normalized spacial score (nSPS) is 15.8. The van der Waals surface area contributed by atoms with Crippen LogP contribution in [-0.2, 0) is 22.6 Å². The van der Waals surface area contributed by atoms with E-state index in [9.17, 15) is 14.0 Å². The number of halogens is 1. The smallest absolute Gasteiger partial charge is 0.244 e. The van der Waals surface area contributed by atoms with Gasteiger partial charge in [0.1, 0.15) is 11.9 Å². The first-order valence-corrected chi connectivity index (χ1v) is 11.5. The molecule has 1 heterocycles. The maximum absolute atomic E-state index is 13.1. The lowest BCUT2D eigenvalue weighted by Gasteiger charge is -2.25. The van der Waals surface area contributed by atoms with E-state index >= 15 is 0 Å². The van der Waals surface area contributed by atoms with Crippen LogP contribution in [0.25, 0.3) is 10.8 Å². The van der Waals surface area contributed by atoms with Crippen molar-refractivity contribution in [2.24, 2.45) is 0 Å². The molecule has 1 saturated heterocycles. The first-order valence-electron chi connectivity index (χ1n) is 11.5. The summed E-state index contributed by atoms with van der Waals surface area (Å²) >= 11 is 0. The zero-order chi connectivity index (χ0) is 23.2. The summed E-state index contributed by atoms with van der Waals surface area (Å²) in [7, 11) is 0. The van der Waals surface area contributed by atoms with Gasteiger partial charge in [-0.1, -0.05) is 54.6 Å². The number of benzene rings is 3. The number of nitrogens with one attached hydrogen (secondary N) is 1. The van der Waals surface area contributed by atoms with E-state index in [1.807, 2.05) is 47.4 Å². The van der Waals surface area contributed by atoms with Crippen LogP contribution in [0.15, 0.2) is 66.7 Å². The van der Waals surface area contributed by atoms with Crippen LogP contribution in [0.2, 0.25) is 0 Å². The quantitative estimate of drug-likeness (QED) is 0.626. The minimum absolute atomic E-state index is 0.0510. The molecule has 0 unspecified atom stereocenters. The van der Waals surface area contributed by atoms with Crippen molar-refractivity contribution in [3.63, 3.8) is 0 Å². The molecule has 3 aromatic carbocycles. The number of rotatable bonds is 6. The molecule has 0 spiro atoms. The standard InChI is InChI=1S/C27H30FN3O2/c1-20(29-26(32)18-23-8-4-7-22-6-2-3-9-25(22)23)27(33)31-15-5-14-30(16-17-31)19-21-10-12-24(28)13-11-21/h2-4,6-13,20H,5,14-19H2,1H3,(H,29,32)/t20-/m0/s1. The minimum Gasteiger partial charge on any atom is -0.344 e. The highest BCUT2D eigenvalue weighted by molar-refractivity contribution is 5.92. The average Bonchev–Trinajstić information content (AvgIpc) is 3.06. The molecule has 172 valence electrons. The summed E-state index contributed by atoms with van der Waals surface area (Å²) in [5, 5.41) is 5.04. The number of amides is 2. The highest BCUT2D eigenvalue weighted by atomic mass is 19.1. The Balaban J connectivity index is 1.30. The second-order valence-corrected chi connectivity index (χ2v) is 8.69. The predicted octanol–water partition coefficient (Wildman–Crippen LogP) is 3.76. The molecule has 0 radical (unpaired) electrons. The van der Waals surface area contributed by atoms with Crippen molar-refractivity contribution in [3.8, 4) is 0 Å². The molecule has 5 nitrogen and oxygen atoms in total. The molecular weight excluding hydrogens is 417 g/mol. The molecule has 1 atom stereocenters. The highest BCUT2D eigenvalue weighted by Gasteiger charge is 2.24. The Morgan fingerprint density at radius 2 is 1.70 bits per heavy atom. The summed E-state index contributed by atoms with van der Waals surface area (Å²) in [6, 6.07) is 19.9. The lowest BCUT2D eigenvalue weighted by molar-refractivity contribution is -0.135. The third-order valence-electron chi connectivity index (χ3n) is 6.20. The Bertz CT molecular complexity index is 1110. The average molecular weight is 448 g/mol. The second kappa shape index (κ2) is 10.6. The molecule has 2 amide bonds. The number of fused-ring (bicyclic) bond motifs is 1. The fourth-order valence-electron chi connectivity index (χ4n) is 4.45. The van der Waals surface area contributed by atoms with Gasteiger partial charge in [-0.25, -0.2) is 4.39 Å². The molecule has 6 heteroatoms. The summed E-state index contributed by atoms with van der Waals surface area (Å²) in [6.07, 6.45) is 1.11. The fraction of sp³-hybridized carbons (Fsp3) is 0.333. The van der Waals surface area contributed by atoms with E-state index in [1.54, 1.807) is 19.1 Å². The first-order chi connectivity index (χ1) is 16.0. The van der Waals surface area contributed by atoms with Crippen LogP contribution in [-0.4, -0.2) is 53.8 Å². The zero-order valence-electron chi connectivity index (χ0n) is 19.0. The highest BCUT2D eigenvalue weighted by Crippen LogP contribution is 2.19. The van der Waals surface area contributed by atoms with E-state index in [2.05, 4.69) is 10.2 Å². The first kappa shape index (κ1) is 22.9. The van der Waals surface area contributed by atoms with Crippen molar-refractivity contribution < 1.29 is 14.0 Å². The molecule has 0 aliphatic carbocycles. The zero-order valence-corrected chi connectivity index (χ0v) is 19.0. The van der Waals surface area contributed by atoms with Crippen LogP contribution in [0.5, 0.6) is 0 Å². The van der Waals surface area contributed by atoms with Crippen molar-refractivity contribution in [3.05, 3.63) is 83.7 Å². The number of hydrogen-bond acceptors (Lipinski definition) is 3. The largest absolute Gasteiger partial charge is 0.344 e. The number of carbonyl (C=O) groups excluding carboxylic acids is 2. The van der Waals surface area contributed by atoms with E-state index in [0.29, 0.717) is 13.1 Å². The van der Waals surface area contributed by atoms with Gasteiger partial charge in [-0.05, 0) is 47.4 Å². The maximum Gasteiger partial charge on any atom is 0.244 e. The topological polar surface area (TPSA) is 52.7 Å². The number of hydrogen-bond donors (Lipinski definition) is 1. The van der Waals surface area contributed by atoms with Gasteiger partial charge >= 0.3 is 0 Å². The molecule has 1 aliphatic heterocycles. The van der Waals surface area contributed by atoms with Crippen LogP contribution in [0.4, 0.5) is 4.39 Å². The molecule has 3 aromatic rings. The van der Waals surface area contributed by atoms with Gasteiger partial charge in [0.2, 0.25) is 11.8 Å². The van der Waals surface area contributed by atoms with E-state index in [-0.39, 0.29) is 24.1 Å². The molecule has 0 aromatic heterocycles. The van der Waals surface area contributed by atoms with Crippen LogP contribution in [0.3, 0.4) is 0 Å². The van der Waals surface area contributed by atoms with Gasteiger partial charge in [-0.3, -0.25) is 14.5 Å². The Labute approximate surface area is 194 Å². The van der Waals surface area contributed by atoms with Crippen molar-refractivity contribution in [1.29, 1.82) is 0 Å².